The first kappa shape index (κ1) is 7.74. The molecule has 0 bridgehead atoms. The van der Waals surface area contributed by atoms with Crippen LogP contribution in [0, 0.1) is 12.7 Å². The number of hydrogen-bond donors (Lipinski definition) is 1. The minimum absolute atomic E-state index is 0.149. The van der Waals surface area contributed by atoms with Crippen LogP contribution in [0.15, 0.2) is 18.2 Å². The van der Waals surface area contributed by atoms with E-state index in [-0.39, 0.29) is 11.9 Å². The third-order valence-electron chi connectivity index (χ3n) is 2.33. The van der Waals surface area contributed by atoms with Crippen molar-refractivity contribution in [2.45, 2.75) is 25.3 Å². The van der Waals surface area contributed by atoms with E-state index in [1.54, 1.807) is 6.07 Å². The second-order valence-electron chi connectivity index (χ2n) is 3.57. The molecule has 0 radical (unpaired) electrons. The van der Waals surface area contributed by atoms with Crippen molar-refractivity contribution in [3.05, 3.63) is 35.1 Å². The molecule has 0 aliphatic heterocycles. The molecule has 12 heavy (non-hydrogen) atoms. The van der Waals surface area contributed by atoms with Gasteiger partial charge >= 0.3 is 0 Å². The molecule has 2 heteroatoms. The lowest BCUT2D eigenvalue weighted by Crippen LogP contribution is -2.01. The molecule has 2 N–H and O–H groups in total. The highest BCUT2D eigenvalue weighted by Crippen LogP contribution is 2.39. The van der Waals surface area contributed by atoms with Crippen LogP contribution in [0.5, 0.6) is 0 Å². The van der Waals surface area contributed by atoms with Crippen LogP contribution >= 0.6 is 0 Å². The Hall–Kier alpha value is -0.890. The molecule has 0 aromatic heterocycles. The summed E-state index contributed by atoms with van der Waals surface area (Å²) in [6, 6.07) is 5.40. The Balaban J connectivity index is 2.32. The number of benzene rings is 1. The number of hydrogen-bond acceptors (Lipinski definition) is 1. The average molecular weight is 165 g/mol. The molecule has 0 spiro atoms. The predicted octanol–water partition coefficient (Wildman–Crippen LogP) is 1.95. The standard InChI is InChI=1S/C10H12FN/c1-6-2-7(4-8(11)3-6)9-5-10(9)12/h2-4,9-10H,5,12H2,1H3. The zero-order chi connectivity index (χ0) is 8.72. The fraction of sp³-hybridized carbons (Fsp3) is 0.400. The number of halogens is 1. The quantitative estimate of drug-likeness (QED) is 0.676. The molecule has 0 heterocycles. The minimum atomic E-state index is -0.149. The van der Waals surface area contributed by atoms with Gasteiger partial charge in [0.25, 0.3) is 0 Å². The summed E-state index contributed by atoms with van der Waals surface area (Å²) < 4.78 is 12.9. The molecule has 2 atom stereocenters. The van der Waals surface area contributed by atoms with Crippen LogP contribution in [0.2, 0.25) is 0 Å². The molecule has 1 aliphatic carbocycles. The van der Waals surface area contributed by atoms with E-state index in [0.29, 0.717) is 5.92 Å². The Kier molecular flexibility index (Phi) is 1.65. The van der Waals surface area contributed by atoms with Crippen molar-refractivity contribution in [1.82, 2.24) is 0 Å². The first-order valence-electron chi connectivity index (χ1n) is 4.19. The first-order valence-corrected chi connectivity index (χ1v) is 4.19. The molecule has 1 aliphatic rings. The maximum atomic E-state index is 12.9. The summed E-state index contributed by atoms with van der Waals surface area (Å²) in [5.41, 5.74) is 7.71. The van der Waals surface area contributed by atoms with Crippen LogP contribution in [0.25, 0.3) is 0 Å². The molecule has 64 valence electrons. The van der Waals surface area contributed by atoms with Gasteiger partial charge in [0.1, 0.15) is 5.82 Å². The molecule has 2 rings (SSSR count). The van der Waals surface area contributed by atoms with E-state index < -0.39 is 0 Å². The van der Waals surface area contributed by atoms with Crippen molar-refractivity contribution >= 4 is 0 Å². The summed E-state index contributed by atoms with van der Waals surface area (Å²) >= 11 is 0. The molecule has 2 unspecified atom stereocenters. The highest BCUT2D eigenvalue weighted by atomic mass is 19.1. The van der Waals surface area contributed by atoms with E-state index >= 15 is 0 Å². The molecular formula is C10H12FN. The van der Waals surface area contributed by atoms with Gasteiger partial charge in [-0.2, -0.15) is 0 Å². The molecule has 0 amide bonds. The van der Waals surface area contributed by atoms with E-state index in [0.717, 1.165) is 17.5 Å². The third-order valence-corrected chi connectivity index (χ3v) is 2.33. The lowest BCUT2D eigenvalue weighted by molar-refractivity contribution is 0.624. The molecule has 1 aromatic carbocycles. The zero-order valence-electron chi connectivity index (χ0n) is 7.05. The monoisotopic (exact) mass is 165 g/mol. The summed E-state index contributed by atoms with van der Waals surface area (Å²) in [7, 11) is 0. The number of aryl methyl sites for hydroxylation is 1. The summed E-state index contributed by atoms with van der Waals surface area (Å²) in [6.07, 6.45) is 1.00. The minimum Gasteiger partial charge on any atom is -0.327 e. The van der Waals surface area contributed by atoms with Crippen molar-refractivity contribution in [3.8, 4) is 0 Å². The summed E-state index contributed by atoms with van der Waals surface area (Å²) in [5.74, 6) is 0.253. The van der Waals surface area contributed by atoms with Gasteiger partial charge in [0.2, 0.25) is 0 Å². The van der Waals surface area contributed by atoms with Gasteiger partial charge in [-0.3, -0.25) is 0 Å². The van der Waals surface area contributed by atoms with E-state index in [1.165, 1.54) is 6.07 Å². The summed E-state index contributed by atoms with van der Waals surface area (Å²) in [6.45, 7) is 1.90. The lowest BCUT2D eigenvalue weighted by Gasteiger charge is -2.00. The first-order chi connectivity index (χ1) is 5.66. The maximum Gasteiger partial charge on any atom is 0.123 e. The highest BCUT2D eigenvalue weighted by Gasteiger charge is 2.34. The topological polar surface area (TPSA) is 26.0 Å². The van der Waals surface area contributed by atoms with Gasteiger partial charge in [0, 0.05) is 12.0 Å². The van der Waals surface area contributed by atoms with Crippen molar-refractivity contribution in [2.24, 2.45) is 5.73 Å². The van der Waals surface area contributed by atoms with E-state index in [4.69, 9.17) is 5.73 Å². The van der Waals surface area contributed by atoms with Crippen molar-refractivity contribution < 1.29 is 4.39 Å². The second kappa shape index (κ2) is 2.56. The Morgan fingerprint density at radius 1 is 1.42 bits per heavy atom. The van der Waals surface area contributed by atoms with Gasteiger partial charge in [-0.05, 0) is 36.6 Å². The van der Waals surface area contributed by atoms with Crippen molar-refractivity contribution in [2.75, 3.05) is 0 Å². The average Bonchev–Trinajstić information content (AvgIpc) is 2.64. The fourth-order valence-corrected chi connectivity index (χ4v) is 1.58. The number of rotatable bonds is 1. The zero-order valence-corrected chi connectivity index (χ0v) is 7.05. The van der Waals surface area contributed by atoms with Crippen molar-refractivity contribution in [3.63, 3.8) is 0 Å². The Bertz CT molecular complexity index is 288. The third kappa shape index (κ3) is 1.34. The van der Waals surface area contributed by atoms with Crippen LogP contribution in [0.4, 0.5) is 4.39 Å². The predicted molar refractivity (Wildman–Crippen MR) is 46.5 cm³/mol. The molecule has 1 aromatic rings. The van der Waals surface area contributed by atoms with Crippen molar-refractivity contribution in [1.29, 1.82) is 0 Å². The van der Waals surface area contributed by atoms with Gasteiger partial charge < -0.3 is 5.73 Å². The Morgan fingerprint density at radius 3 is 2.58 bits per heavy atom. The van der Waals surface area contributed by atoms with Gasteiger partial charge in [-0.25, -0.2) is 4.39 Å². The molecule has 1 nitrogen and oxygen atoms in total. The van der Waals surface area contributed by atoms with Gasteiger partial charge in [-0.15, -0.1) is 0 Å². The molecule has 1 saturated carbocycles. The highest BCUT2D eigenvalue weighted by molar-refractivity contribution is 5.31. The molecular weight excluding hydrogens is 153 g/mol. The summed E-state index contributed by atoms with van der Waals surface area (Å²) in [5, 5.41) is 0. The number of nitrogens with two attached hydrogens (primary N) is 1. The molecule has 0 saturated heterocycles. The Morgan fingerprint density at radius 2 is 2.08 bits per heavy atom. The van der Waals surface area contributed by atoms with Gasteiger partial charge in [0.05, 0.1) is 0 Å². The second-order valence-corrected chi connectivity index (χ2v) is 3.57. The largest absolute Gasteiger partial charge is 0.327 e. The van der Waals surface area contributed by atoms with Crippen LogP contribution in [-0.4, -0.2) is 6.04 Å². The SMILES string of the molecule is Cc1cc(F)cc(C2CC2N)c1. The van der Waals surface area contributed by atoms with E-state index in [9.17, 15) is 4.39 Å². The fourth-order valence-electron chi connectivity index (χ4n) is 1.58. The Labute approximate surface area is 71.4 Å². The maximum absolute atomic E-state index is 12.9. The van der Waals surface area contributed by atoms with Crippen LogP contribution in [0.1, 0.15) is 23.5 Å². The van der Waals surface area contributed by atoms with Crippen LogP contribution in [0.3, 0.4) is 0 Å². The van der Waals surface area contributed by atoms with Gasteiger partial charge in [0.15, 0.2) is 0 Å². The molecule has 1 fully saturated rings. The normalized spacial score (nSPS) is 27.2. The van der Waals surface area contributed by atoms with Crippen LogP contribution < -0.4 is 5.73 Å². The summed E-state index contributed by atoms with van der Waals surface area (Å²) in [4.78, 5) is 0. The van der Waals surface area contributed by atoms with E-state index in [1.807, 2.05) is 13.0 Å². The van der Waals surface area contributed by atoms with Gasteiger partial charge in [-0.1, -0.05) is 6.07 Å². The smallest absolute Gasteiger partial charge is 0.123 e. The van der Waals surface area contributed by atoms with E-state index in [2.05, 4.69) is 0 Å². The lowest BCUT2D eigenvalue weighted by atomic mass is 10.1. The van der Waals surface area contributed by atoms with Crippen LogP contribution in [-0.2, 0) is 0 Å².